The molecule has 0 aromatic heterocycles. The highest BCUT2D eigenvalue weighted by atomic mass is 32.2. The van der Waals surface area contributed by atoms with E-state index in [0.717, 1.165) is 5.56 Å². The average Bonchev–Trinajstić information content (AvgIpc) is 2.38. The van der Waals surface area contributed by atoms with Gasteiger partial charge in [0.05, 0.1) is 11.4 Å². The van der Waals surface area contributed by atoms with Gasteiger partial charge < -0.3 is 10.5 Å². The first-order chi connectivity index (χ1) is 8.51. The Hall–Kier alpha value is -1.11. The molecule has 0 unspecified atom stereocenters. The molecule has 0 radical (unpaired) electrons. The third kappa shape index (κ3) is 3.97. The Morgan fingerprint density at radius 2 is 1.89 bits per heavy atom. The van der Waals surface area contributed by atoms with Crippen molar-refractivity contribution in [3.05, 3.63) is 29.8 Å². The quantitative estimate of drug-likeness (QED) is 0.750. The number of hydrogen-bond acceptors (Lipinski definition) is 4. The van der Waals surface area contributed by atoms with Gasteiger partial charge in [-0.3, -0.25) is 4.31 Å². The first-order valence-corrected chi connectivity index (χ1v) is 7.36. The Kier molecular flexibility index (Phi) is 5.58. The Morgan fingerprint density at radius 1 is 1.28 bits per heavy atom. The average molecular weight is 272 g/mol. The van der Waals surface area contributed by atoms with Crippen LogP contribution in [-0.2, 0) is 21.3 Å². The number of hydrogen-bond donors (Lipinski definition) is 1. The highest BCUT2D eigenvalue weighted by molar-refractivity contribution is 7.92. The summed E-state index contributed by atoms with van der Waals surface area (Å²) in [5.74, 6) is 0.0793. The second-order valence-electron chi connectivity index (χ2n) is 4.00. The summed E-state index contributed by atoms with van der Waals surface area (Å²) in [5, 5.41) is 0. The van der Waals surface area contributed by atoms with E-state index in [-0.39, 0.29) is 5.75 Å². The summed E-state index contributed by atoms with van der Waals surface area (Å²) in [5.41, 5.74) is 7.12. The van der Waals surface area contributed by atoms with Crippen LogP contribution < -0.4 is 10.0 Å². The van der Waals surface area contributed by atoms with Gasteiger partial charge in [-0.15, -0.1) is 0 Å². The predicted octanol–water partition coefficient (Wildman–Crippen LogP) is 0.948. The van der Waals surface area contributed by atoms with E-state index in [4.69, 9.17) is 10.5 Å². The fourth-order valence-corrected chi connectivity index (χ4v) is 2.72. The van der Waals surface area contributed by atoms with E-state index < -0.39 is 10.0 Å². The van der Waals surface area contributed by atoms with Crippen LogP contribution >= 0.6 is 0 Å². The second kappa shape index (κ2) is 6.72. The zero-order chi connectivity index (χ0) is 13.6. The summed E-state index contributed by atoms with van der Waals surface area (Å²) in [6, 6.07) is 7.18. The molecule has 0 saturated heterocycles. The molecule has 1 aromatic carbocycles. The van der Waals surface area contributed by atoms with Gasteiger partial charge in [0.1, 0.15) is 0 Å². The molecule has 1 aromatic rings. The number of ether oxygens (including phenoxy) is 1. The van der Waals surface area contributed by atoms with E-state index in [9.17, 15) is 8.42 Å². The Bertz CT molecular complexity index is 457. The molecule has 0 spiro atoms. The van der Waals surface area contributed by atoms with Crippen molar-refractivity contribution in [2.24, 2.45) is 5.73 Å². The molecular formula is C12H20N2O3S. The van der Waals surface area contributed by atoms with Crippen LogP contribution in [0, 0.1) is 0 Å². The lowest BCUT2D eigenvalue weighted by Gasteiger charge is -2.19. The zero-order valence-electron chi connectivity index (χ0n) is 10.8. The van der Waals surface area contributed by atoms with Crippen LogP contribution in [0.2, 0.25) is 0 Å². The van der Waals surface area contributed by atoms with E-state index in [0.29, 0.717) is 25.3 Å². The second-order valence-corrected chi connectivity index (χ2v) is 6.12. The molecule has 6 heteroatoms. The summed E-state index contributed by atoms with van der Waals surface area (Å²) in [6.07, 6.45) is 0.490. The first-order valence-electron chi connectivity index (χ1n) is 5.76. The lowest BCUT2D eigenvalue weighted by Crippen LogP contribution is -2.29. The van der Waals surface area contributed by atoms with Gasteiger partial charge in [0.15, 0.2) is 0 Å². The van der Waals surface area contributed by atoms with Crippen molar-refractivity contribution in [1.82, 2.24) is 0 Å². The van der Waals surface area contributed by atoms with E-state index in [2.05, 4.69) is 0 Å². The fourth-order valence-electron chi connectivity index (χ4n) is 1.53. The molecule has 0 bridgehead atoms. The SMILES string of the molecule is COCCCS(=O)(=O)N(C)c1ccc(CN)cc1. The van der Waals surface area contributed by atoms with Crippen molar-refractivity contribution < 1.29 is 13.2 Å². The van der Waals surface area contributed by atoms with Crippen LogP contribution in [0.3, 0.4) is 0 Å². The minimum atomic E-state index is -3.28. The number of benzene rings is 1. The maximum absolute atomic E-state index is 12.0. The number of nitrogens with zero attached hydrogens (tertiary/aromatic N) is 1. The molecular weight excluding hydrogens is 252 g/mol. The number of anilines is 1. The summed E-state index contributed by atoms with van der Waals surface area (Å²) in [7, 11) is -0.171. The van der Waals surface area contributed by atoms with Crippen molar-refractivity contribution in [3.8, 4) is 0 Å². The number of rotatable bonds is 7. The molecule has 2 N–H and O–H groups in total. The van der Waals surface area contributed by atoms with Crippen LogP contribution in [0.15, 0.2) is 24.3 Å². The Balaban J connectivity index is 2.75. The lowest BCUT2D eigenvalue weighted by molar-refractivity contribution is 0.199. The fraction of sp³-hybridized carbons (Fsp3) is 0.500. The van der Waals surface area contributed by atoms with E-state index >= 15 is 0 Å². The smallest absolute Gasteiger partial charge is 0.234 e. The molecule has 0 atom stereocenters. The number of sulfonamides is 1. The molecule has 18 heavy (non-hydrogen) atoms. The van der Waals surface area contributed by atoms with Crippen molar-refractivity contribution in [1.29, 1.82) is 0 Å². The van der Waals surface area contributed by atoms with Crippen LogP contribution in [0.4, 0.5) is 5.69 Å². The normalized spacial score (nSPS) is 11.5. The van der Waals surface area contributed by atoms with Crippen LogP contribution in [0.25, 0.3) is 0 Å². The van der Waals surface area contributed by atoms with Crippen molar-refractivity contribution in [2.75, 3.05) is 30.8 Å². The zero-order valence-corrected chi connectivity index (χ0v) is 11.6. The van der Waals surface area contributed by atoms with Gasteiger partial charge >= 0.3 is 0 Å². The summed E-state index contributed by atoms with van der Waals surface area (Å²) in [4.78, 5) is 0. The summed E-state index contributed by atoms with van der Waals surface area (Å²) in [6.45, 7) is 0.893. The predicted molar refractivity (Wildman–Crippen MR) is 73.0 cm³/mol. The molecule has 0 aliphatic heterocycles. The lowest BCUT2D eigenvalue weighted by atomic mass is 10.2. The molecule has 0 saturated carbocycles. The monoisotopic (exact) mass is 272 g/mol. The highest BCUT2D eigenvalue weighted by Crippen LogP contribution is 2.17. The molecule has 5 nitrogen and oxygen atoms in total. The minimum Gasteiger partial charge on any atom is -0.385 e. The van der Waals surface area contributed by atoms with Gasteiger partial charge in [-0.1, -0.05) is 12.1 Å². The van der Waals surface area contributed by atoms with Gasteiger partial charge in [0.25, 0.3) is 0 Å². The van der Waals surface area contributed by atoms with Gasteiger partial charge in [-0.25, -0.2) is 8.42 Å². The van der Waals surface area contributed by atoms with Gasteiger partial charge in [0, 0.05) is 27.3 Å². The van der Waals surface area contributed by atoms with E-state index in [1.807, 2.05) is 12.1 Å². The molecule has 0 aliphatic rings. The molecule has 1 rings (SSSR count). The first kappa shape index (κ1) is 14.9. The third-order valence-corrected chi connectivity index (χ3v) is 4.55. The maximum Gasteiger partial charge on any atom is 0.234 e. The molecule has 0 fully saturated rings. The number of nitrogens with two attached hydrogens (primary N) is 1. The van der Waals surface area contributed by atoms with Crippen molar-refractivity contribution in [3.63, 3.8) is 0 Å². The topological polar surface area (TPSA) is 72.6 Å². The molecule has 0 aliphatic carbocycles. The standard InChI is InChI=1S/C12H20N2O3S/c1-14(18(15,16)9-3-8-17-2)12-6-4-11(10-13)5-7-12/h4-7H,3,8-10,13H2,1-2H3. The van der Waals surface area contributed by atoms with Crippen molar-refractivity contribution in [2.45, 2.75) is 13.0 Å². The number of methoxy groups -OCH3 is 1. The molecule has 102 valence electrons. The Labute approximate surface area is 109 Å². The maximum atomic E-state index is 12.0. The molecule has 0 amide bonds. The van der Waals surface area contributed by atoms with Crippen LogP contribution in [0.5, 0.6) is 0 Å². The summed E-state index contributed by atoms with van der Waals surface area (Å²) < 4.78 is 30.2. The van der Waals surface area contributed by atoms with Gasteiger partial charge in [-0.05, 0) is 24.1 Å². The van der Waals surface area contributed by atoms with Gasteiger partial charge in [0.2, 0.25) is 10.0 Å². The van der Waals surface area contributed by atoms with Crippen LogP contribution in [-0.4, -0.2) is 34.9 Å². The molecule has 0 heterocycles. The highest BCUT2D eigenvalue weighted by Gasteiger charge is 2.17. The van der Waals surface area contributed by atoms with Crippen LogP contribution in [0.1, 0.15) is 12.0 Å². The third-order valence-electron chi connectivity index (χ3n) is 2.70. The van der Waals surface area contributed by atoms with Crippen molar-refractivity contribution >= 4 is 15.7 Å². The summed E-state index contributed by atoms with van der Waals surface area (Å²) >= 11 is 0. The largest absolute Gasteiger partial charge is 0.385 e. The minimum absolute atomic E-state index is 0.0793. The van der Waals surface area contributed by atoms with Gasteiger partial charge in [-0.2, -0.15) is 0 Å². The van der Waals surface area contributed by atoms with E-state index in [1.165, 1.54) is 4.31 Å². The van der Waals surface area contributed by atoms with E-state index in [1.54, 1.807) is 26.3 Å². The Morgan fingerprint density at radius 3 is 2.39 bits per heavy atom.